The summed E-state index contributed by atoms with van der Waals surface area (Å²) < 4.78 is 37.8. The molecule has 2 heterocycles. The van der Waals surface area contributed by atoms with Crippen molar-refractivity contribution in [2.75, 3.05) is 16.4 Å². The number of fused-ring (bicyclic) bond motifs is 1. The number of amidine groups is 1. The summed E-state index contributed by atoms with van der Waals surface area (Å²) in [4.78, 5) is 6.83. The molecule has 4 rings (SSSR count). The summed E-state index contributed by atoms with van der Waals surface area (Å²) in [6.45, 7) is 4.05. The Bertz CT molecular complexity index is 1020. The largest absolute Gasteiger partial charge is 0.315 e. The van der Waals surface area contributed by atoms with E-state index >= 15 is 0 Å². The van der Waals surface area contributed by atoms with Gasteiger partial charge in [0.15, 0.2) is 15.0 Å². The number of benzene rings is 2. The van der Waals surface area contributed by atoms with E-state index in [9.17, 15) is 12.8 Å². The number of halogens is 1. The molecule has 2 atom stereocenters. The van der Waals surface area contributed by atoms with Crippen LogP contribution in [0, 0.1) is 19.7 Å². The number of aliphatic imine (C=N–C) groups is 1. The first-order valence-electron chi connectivity index (χ1n) is 8.84. The summed E-state index contributed by atoms with van der Waals surface area (Å²) in [5.74, 6) is 0.557. The quantitative estimate of drug-likeness (QED) is 0.782. The Hall–Kier alpha value is -1.86. The molecule has 0 aromatic heterocycles. The fourth-order valence-electron chi connectivity index (χ4n) is 3.67. The zero-order chi connectivity index (χ0) is 19.2. The van der Waals surface area contributed by atoms with Gasteiger partial charge in [-0.05, 0) is 48.7 Å². The lowest BCUT2D eigenvalue weighted by Crippen LogP contribution is -2.39. The highest BCUT2D eigenvalue weighted by molar-refractivity contribution is 8.13. The second kappa shape index (κ2) is 6.95. The van der Waals surface area contributed by atoms with Crippen molar-refractivity contribution in [1.82, 2.24) is 0 Å². The molecule has 0 N–H and O–H groups in total. The predicted octanol–water partition coefficient (Wildman–Crippen LogP) is 3.72. The minimum Gasteiger partial charge on any atom is -0.315 e. The third kappa shape index (κ3) is 3.75. The Morgan fingerprint density at radius 3 is 2.78 bits per heavy atom. The van der Waals surface area contributed by atoms with Gasteiger partial charge in [-0.25, -0.2) is 12.8 Å². The van der Waals surface area contributed by atoms with Gasteiger partial charge in [-0.2, -0.15) is 0 Å². The second-order valence-electron chi connectivity index (χ2n) is 7.20. The highest BCUT2D eigenvalue weighted by Gasteiger charge is 2.47. The summed E-state index contributed by atoms with van der Waals surface area (Å²) in [6.07, 6.45) is 0. The van der Waals surface area contributed by atoms with Crippen molar-refractivity contribution in [3.8, 4) is 0 Å². The average Bonchev–Trinajstić information content (AvgIpc) is 3.06. The Labute approximate surface area is 163 Å². The van der Waals surface area contributed by atoms with E-state index in [2.05, 4.69) is 23.1 Å². The third-order valence-corrected chi connectivity index (χ3v) is 7.73. The van der Waals surface area contributed by atoms with Crippen LogP contribution in [0.2, 0.25) is 0 Å². The number of hydrogen-bond acceptors (Lipinski definition) is 5. The molecule has 1 saturated heterocycles. The van der Waals surface area contributed by atoms with Gasteiger partial charge < -0.3 is 4.90 Å². The monoisotopic (exact) mass is 404 g/mol. The topological polar surface area (TPSA) is 49.7 Å². The van der Waals surface area contributed by atoms with Crippen molar-refractivity contribution in [2.24, 2.45) is 4.99 Å². The minimum atomic E-state index is -3.07. The van der Waals surface area contributed by atoms with E-state index in [1.54, 1.807) is 6.07 Å². The van der Waals surface area contributed by atoms with Crippen molar-refractivity contribution in [3.63, 3.8) is 0 Å². The van der Waals surface area contributed by atoms with Gasteiger partial charge in [0.05, 0.1) is 23.6 Å². The summed E-state index contributed by atoms with van der Waals surface area (Å²) in [7, 11) is -3.07. The van der Waals surface area contributed by atoms with Crippen LogP contribution in [0.4, 0.5) is 10.1 Å². The molecular weight excluding hydrogens is 383 g/mol. The predicted molar refractivity (Wildman–Crippen MR) is 110 cm³/mol. The fourth-order valence-corrected chi connectivity index (χ4v) is 6.57. The zero-order valence-corrected chi connectivity index (χ0v) is 16.9. The molecule has 0 unspecified atom stereocenters. The summed E-state index contributed by atoms with van der Waals surface area (Å²) in [5.41, 5.74) is 4.09. The van der Waals surface area contributed by atoms with E-state index in [1.165, 1.54) is 23.9 Å². The molecule has 0 spiro atoms. The lowest BCUT2D eigenvalue weighted by molar-refractivity contribution is 0.601. The summed E-state index contributed by atoms with van der Waals surface area (Å²) >= 11 is 1.53. The van der Waals surface area contributed by atoms with Crippen molar-refractivity contribution in [2.45, 2.75) is 31.7 Å². The molecule has 27 heavy (non-hydrogen) atoms. The Morgan fingerprint density at radius 1 is 1.19 bits per heavy atom. The molecule has 0 amide bonds. The number of thioether (sulfide) groups is 1. The summed E-state index contributed by atoms with van der Waals surface area (Å²) in [6, 6.07) is 12.3. The van der Waals surface area contributed by atoms with Crippen molar-refractivity contribution >= 4 is 32.5 Å². The van der Waals surface area contributed by atoms with E-state index < -0.39 is 9.84 Å². The normalized spacial score (nSPS) is 23.4. The highest BCUT2D eigenvalue weighted by Crippen LogP contribution is 2.37. The van der Waals surface area contributed by atoms with Gasteiger partial charge in [-0.1, -0.05) is 36.0 Å². The van der Waals surface area contributed by atoms with Crippen LogP contribution in [0.5, 0.6) is 0 Å². The molecule has 2 aliphatic heterocycles. The maximum Gasteiger partial charge on any atom is 0.164 e. The summed E-state index contributed by atoms with van der Waals surface area (Å²) in [5, 5.41) is 0.817. The molecule has 0 radical (unpaired) electrons. The second-order valence-corrected chi connectivity index (χ2v) is 10.3. The number of nitrogens with zero attached hydrogens (tertiary/aromatic N) is 2. The van der Waals surface area contributed by atoms with Crippen LogP contribution in [0.3, 0.4) is 0 Å². The molecule has 0 saturated carbocycles. The van der Waals surface area contributed by atoms with Crippen LogP contribution in [0.25, 0.3) is 0 Å². The first kappa shape index (κ1) is 18.5. The molecule has 0 aliphatic carbocycles. The molecule has 7 heteroatoms. The molecule has 2 aromatic rings. The minimum absolute atomic E-state index is 0.100. The average molecular weight is 405 g/mol. The molecule has 2 aliphatic rings. The van der Waals surface area contributed by atoms with E-state index in [4.69, 9.17) is 4.99 Å². The number of sulfone groups is 1. The maximum atomic E-state index is 13.5. The van der Waals surface area contributed by atoms with Crippen molar-refractivity contribution < 1.29 is 12.8 Å². The molecule has 4 nitrogen and oxygen atoms in total. The van der Waals surface area contributed by atoms with Crippen LogP contribution in [0.1, 0.15) is 16.7 Å². The van der Waals surface area contributed by atoms with Crippen molar-refractivity contribution in [3.05, 3.63) is 65.0 Å². The number of anilines is 1. The smallest absolute Gasteiger partial charge is 0.164 e. The first-order chi connectivity index (χ1) is 12.8. The zero-order valence-electron chi connectivity index (χ0n) is 15.2. The number of hydrogen-bond donors (Lipinski definition) is 0. The molecule has 1 fully saturated rings. The van der Waals surface area contributed by atoms with Crippen LogP contribution in [-0.4, -0.2) is 37.2 Å². The van der Waals surface area contributed by atoms with Gasteiger partial charge in [0.25, 0.3) is 0 Å². The number of aryl methyl sites for hydroxylation is 2. The van der Waals surface area contributed by atoms with Gasteiger partial charge in [0.1, 0.15) is 5.82 Å². The van der Waals surface area contributed by atoms with Gasteiger partial charge in [0, 0.05) is 11.4 Å². The number of rotatable bonds is 3. The lowest BCUT2D eigenvalue weighted by atomic mass is 10.1. The third-order valence-electron chi connectivity index (χ3n) is 4.99. The fraction of sp³-hybridized carbons (Fsp3) is 0.350. The first-order valence-corrected chi connectivity index (χ1v) is 11.6. The Kier molecular flexibility index (Phi) is 4.76. The van der Waals surface area contributed by atoms with Crippen LogP contribution in [-0.2, 0) is 15.6 Å². The lowest BCUT2D eigenvalue weighted by Gasteiger charge is -2.28. The molecular formula is C20H21FN2O2S2. The van der Waals surface area contributed by atoms with E-state index in [-0.39, 0.29) is 29.4 Å². The maximum absolute atomic E-state index is 13.5. The van der Waals surface area contributed by atoms with Crippen LogP contribution < -0.4 is 4.90 Å². The Balaban J connectivity index is 1.66. The molecule has 0 bridgehead atoms. The molecule has 142 valence electrons. The van der Waals surface area contributed by atoms with Crippen LogP contribution >= 0.6 is 11.8 Å². The van der Waals surface area contributed by atoms with E-state index in [0.29, 0.717) is 5.75 Å². The standard InChI is InChI=1S/C20H21FN2O2S2/c1-13-6-7-14(2)18(8-13)23-19-12-27(24,25)11-17(19)22-20(23)26-10-15-4-3-5-16(21)9-15/h3-9,17,19H,10-12H2,1-2H3/t17-,19+/m1/s1. The van der Waals surface area contributed by atoms with Gasteiger partial charge in [-0.15, -0.1) is 0 Å². The van der Waals surface area contributed by atoms with Gasteiger partial charge in [0.2, 0.25) is 0 Å². The SMILES string of the molecule is Cc1ccc(C)c(N2C(SCc3cccc(F)c3)=N[C@@H]3CS(=O)(=O)C[C@@H]32)c1. The van der Waals surface area contributed by atoms with E-state index in [1.807, 2.05) is 19.9 Å². The molecule has 2 aromatic carbocycles. The van der Waals surface area contributed by atoms with Gasteiger partial charge in [-0.3, -0.25) is 4.99 Å². The van der Waals surface area contributed by atoms with Crippen molar-refractivity contribution in [1.29, 1.82) is 0 Å². The van der Waals surface area contributed by atoms with Crippen LogP contribution in [0.15, 0.2) is 47.5 Å². The van der Waals surface area contributed by atoms with Gasteiger partial charge >= 0.3 is 0 Å². The Morgan fingerprint density at radius 2 is 2.00 bits per heavy atom. The van der Waals surface area contributed by atoms with E-state index in [0.717, 1.165) is 27.5 Å². The highest BCUT2D eigenvalue weighted by atomic mass is 32.2.